The Hall–Kier alpha value is -0.410. The summed E-state index contributed by atoms with van der Waals surface area (Å²) in [4.78, 5) is 12.5. The Kier molecular flexibility index (Phi) is 6.22. The number of carbonyl (C=O) groups is 1. The first-order valence-electron chi connectivity index (χ1n) is 7.27. The van der Waals surface area contributed by atoms with Crippen molar-refractivity contribution in [2.24, 2.45) is 11.3 Å². The molecule has 0 aliphatic carbocycles. The van der Waals surface area contributed by atoms with Crippen molar-refractivity contribution >= 4 is 5.78 Å². The van der Waals surface area contributed by atoms with Crippen LogP contribution in [0.5, 0.6) is 0 Å². The quantitative estimate of drug-likeness (QED) is 0.807. The minimum absolute atomic E-state index is 0.0125. The molecule has 0 fully saturated rings. The zero-order valence-corrected chi connectivity index (χ0v) is 14.4. The van der Waals surface area contributed by atoms with E-state index in [0.717, 1.165) is 13.1 Å². The summed E-state index contributed by atoms with van der Waals surface area (Å²) in [6.45, 7) is 20.2. The largest absolute Gasteiger partial charge is 0.311 e. The molecule has 0 aliphatic heterocycles. The van der Waals surface area contributed by atoms with Crippen LogP contribution in [0.25, 0.3) is 0 Å². The van der Waals surface area contributed by atoms with Gasteiger partial charge in [-0.3, -0.25) is 4.79 Å². The average molecular weight is 270 g/mol. The highest BCUT2D eigenvalue weighted by atomic mass is 16.1. The van der Waals surface area contributed by atoms with Gasteiger partial charge in [0.25, 0.3) is 0 Å². The Morgan fingerprint density at radius 3 is 1.32 bits per heavy atom. The highest BCUT2D eigenvalue weighted by molar-refractivity contribution is 5.86. The highest BCUT2D eigenvalue weighted by Crippen LogP contribution is 2.20. The van der Waals surface area contributed by atoms with Crippen molar-refractivity contribution in [3.63, 3.8) is 0 Å². The molecule has 3 heteroatoms. The standard InChI is InChI=1S/C16H34N2O/c1-14(2,3)13(19)12(10-17-15(4,5)6)11-18-16(7,8)9/h12,17-18H,10-11H2,1-9H3. The first kappa shape index (κ1) is 18.6. The molecule has 3 nitrogen and oxygen atoms in total. The molecule has 0 aromatic rings. The molecule has 0 unspecified atom stereocenters. The van der Waals surface area contributed by atoms with Crippen LogP contribution in [0.3, 0.4) is 0 Å². The van der Waals surface area contributed by atoms with Crippen LogP contribution in [0.4, 0.5) is 0 Å². The van der Waals surface area contributed by atoms with Gasteiger partial charge in [-0.1, -0.05) is 20.8 Å². The van der Waals surface area contributed by atoms with Crippen LogP contribution in [0, 0.1) is 11.3 Å². The number of rotatable bonds is 5. The summed E-state index contributed by atoms with van der Waals surface area (Å²) in [6.07, 6.45) is 0. The summed E-state index contributed by atoms with van der Waals surface area (Å²) in [5.41, 5.74) is -0.208. The van der Waals surface area contributed by atoms with Gasteiger partial charge in [0.2, 0.25) is 0 Å². The van der Waals surface area contributed by atoms with E-state index in [9.17, 15) is 4.79 Å². The van der Waals surface area contributed by atoms with Crippen molar-refractivity contribution in [1.82, 2.24) is 10.6 Å². The normalized spacial score (nSPS) is 14.0. The molecule has 0 bridgehead atoms. The van der Waals surface area contributed by atoms with Crippen molar-refractivity contribution in [2.45, 2.75) is 73.4 Å². The van der Waals surface area contributed by atoms with E-state index in [-0.39, 0.29) is 22.4 Å². The van der Waals surface area contributed by atoms with E-state index in [2.05, 4.69) is 52.2 Å². The van der Waals surface area contributed by atoms with Crippen molar-refractivity contribution in [1.29, 1.82) is 0 Å². The van der Waals surface area contributed by atoms with E-state index in [1.807, 2.05) is 20.8 Å². The van der Waals surface area contributed by atoms with Gasteiger partial charge in [0.05, 0.1) is 0 Å². The second-order valence-electron chi connectivity index (χ2n) is 8.57. The minimum atomic E-state index is -0.288. The second kappa shape index (κ2) is 6.36. The van der Waals surface area contributed by atoms with Gasteiger partial charge in [0, 0.05) is 35.5 Å². The van der Waals surface area contributed by atoms with Gasteiger partial charge in [-0.05, 0) is 41.5 Å². The topological polar surface area (TPSA) is 41.1 Å². The van der Waals surface area contributed by atoms with Crippen LogP contribution >= 0.6 is 0 Å². The van der Waals surface area contributed by atoms with Crippen molar-refractivity contribution in [2.75, 3.05) is 13.1 Å². The number of Topliss-reactive ketones (excluding diaryl/α,β-unsaturated/α-hetero) is 1. The van der Waals surface area contributed by atoms with Gasteiger partial charge in [-0.15, -0.1) is 0 Å². The van der Waals surface area contributed by atoms with E-state index in [4.69, 9.17) is 0 Å². The molecule has 0 saturated carbocycles. The molecule has 0 saturated heterocycles. The van der Waals surface area contributed by atoms with Gasteiger partial charge >= 0.3 is 0 Å². The summed E-state index contributed by atoms with van der Waals surface area (Å²) in [6, 6.07) is 0. The summed E-state index contributed by atoms with van der Waals surface area (Å²) >= 11 is 0. The van der Waals surface area contributed by atoms with E-state index >= 15 is 0 Å². The van der Waals surface area contributed by atoms with E-state index in [1.165, 1.54) is 0 Å². The number of nitrogens with one attached hydrogen (secondary N) is 2. The first-order valence-corrected chi connectivity index (χ1v) is 7.27. The zero-order valence-electron chi connectivity index (χ0n) is 14.4. The molecule has 0 aromatic carbocycles. The van der Waals surface area contributed by atoms with Gasteiger partial charge in [0.1, 0.15) is 5.78 Å². The fourth-order valence-corrected chi connectivity index (χ4v) is 1.73. The lowest BCUT2D eigenvalue weighted by Crippen LogP contribution is -2.49. The SMILES string of the molecule is CC(C)(C)NCC(CNC(C)(C)C)C(=O)C(C)(C)C. The third kappa shape index (κ3) is 9.17. The predicted molar refractivity (Wildman–Crippen MR) is 83.5 cm³/mol. The molecule has 2 N–H and O–H groups in total. The van der Waals surface area contributed by atoms with Crippen LogP contribution in [-0.2, 0) is 4.79 Å². The maximum atomic E-state index is 12.5. The smallest absolute Gasteiger partial charge is 0.143 e. The average Bonchev–Trinajstić information content (AvgIpc) is 2.12. The van der Waals surface area contributed by atoms with E-state index < -0.39 is 0 Å². The number of ketones is 1. The third-order valence-corrected chi connectivity index (χ3v) is 2.87. The zero-order chi connectivity index (χ0) is 15.5. The molecule has 19 heavy (non-hydrogen) atoms. The van der Waals surface area contributed by atoms with E-state index in [0.29, 0.717) is 5.78 Å². The summed E-state index contributed by atoms with van der Waals surface area (Å²) in [5, 5.41) is 6.90. The van der Waals surface area contributed by atoms with Crippen LogP contribution in [-0.4, -0.2) is 30.0 Å². The fourth-order valence-electron chi connectivity index (χ4n) is 1.73. The molecule has 0 rings (SSSR count). The van der Waals surface area contributed by atoms with Crippen LogP contribution in [0.1, 0.15) is 62.3 Å². The molecule has 0 atom stereocenters. The van der Waals surface area contributed by atoms with Crippen LogP contribution < -0.4 is 10.6 Å². The maximum Gasteiger partial charge on any atom is 0.143 e. The molecule has 0 amide bonds. The van der Waals surface area contributed by atoms with Crippen LogP contribution in [0.15, 0.2) is 0 Å². The molecule has 0 radical (unpaired) electrons. The summed E-state index contributed by atoms with van der Waals surface area (Å²) in [7, 11) is 0. The fraction of sp³-hybridized carbons (Fsp3) is 0.938. The molecular formula is C16H34N2O. The number of hydrogen-bond acceptors (Lipinski definition) is 3. The highest BCUT2D eigenvalue weighted by Gasteiger charge is 2.30. The van der Waals surface area contributed by atoms with Crippen molar-refractivity contribution in [3.8, 4) is 0 Å². The summed E-state index contributed by atoms with van der Waals surface area (Å²) in [5.74, 6) is 0.333. The van der Waals surface area contributed by atoms with Gasteiger partial charge in [0.15, 0.2) is 0 Å². The first-order chi connectivity index (χ1) is 8.22. The minimum Gasteiger partial charge on any atom is -0.311 e. The third-order valence-electron chi connectivity index (χ3n) is 2.87. The second-order valence-corrected chi connectivity index (χ2v) is 8.57. The Labute approximate surface area is 119 Å². The molecule has 0 aromatic heterocycles. The lowest BCUT2D eigenvalue weighted by atomic mass is 9.82. The summed E-state index contributed by atoms with van der Waals surface area (Å²) < 4.78 is 0. The predicted octanol–water partition coefficient (Wildman–Crippen LogP) is 2.99. The van der Waals surface area contributed by atoms with Crippen molar-refractivity contribution < 1.29 is 4.79 Å². The maximum absolute atomic E-state index is 12.5. The van der Waals surface area contributed by atoms with Gasteiger partial charge in [-0.2, -0.15) is 0 Å². The molecule has 0 spiro atoms. The Morgan fingerprint density at radius 1 is 0.789 bits per heavy atom. The van der Waals surface area contributed by atoms with Gasteiger partial charge in [-0.25, -0.2) is 0 Å². The lowest BCUT2D eigenvalue weighted by molar-refractivity contribution is -0.130. The molecular weight excluding hydrogens is 236 g/mol. The van der Waals surface area contributed by atoms with E-state index in [1.54, 1.807) is 0 Å². The number of carbonyl (C=O) groups excluding carboxylic acids is 1. The van der Waals surface area contributed by atoms with Crippen LogP contribution in [0.2, 0.25) is 0 Å². The Morgan fingerprint density at radius 2 is 1.11 bits per heavy atom. The molecule has 0 heterocycles. The lowest BCUT2D eigenvalue weighted by Gasteiger charge is -2.31. The Bertz CT molecular complexity index is 271. The Balaban J connectivity index is 4.70. The monoisotopic (exact) mass is 270 g/mol. The molecule has 0 aliphatic rings. The number of hydrogen-bond donors (Lipinski definition) is 2. The van der Waals surface area contributed by atoms with Crippen molar-refractivity contribution in [3.05, 3.63) is 0 Å². The molecule has 114 valence electrons. The van der Waals surface area contributed by atoms with Gasteiger partial charge < -0.3 is 10.6 Å².